The Hall–Kier alpha value is -1.32. The Morgan fingerprint density at radius 3 is 2.20 bits per heavy atom. The third-order valence-electron chi connectivity index (χ3n) is 3.35. The van der Waals surface area contributed by atoms with Gasteiger partial charge in [0.15, 0.2) is 0 Å². The number of aromatic nitrogens is 2. The molecule has 4 nitrogen and oxygen atoms in total. The summed E-state index contributed by atoms with van der Waals surface area (Å²) in [6.07, 6.45) is 2.16. The maximum atomic E-state index is 4.74. The molecule has 0 spiro atoms. The highest BCUT2D eigenvalue weighted by Gasteiger charge is 2.21. The van der Waals surface area contributed by atoms with Crippen LogP contribution in [0.25, 0.3) is 0 Å². The second-order valence-electron chi connectivity index (χ2n) is 6.50. The first-order chi connectivity index (χ1) is 9.29. The van der Waals surface area contributed by atoms with Crippen molar-refractivity contribution in [2.45, 2.75) is 72.8 Å². The molecule has 0 saturated carbocycles. The molecule has 114 valence electrons. The quantitative estimate of drug-likeness (QED) is 0.822. The van der Waals surface area contributed by atoms with E-state index in [1.54, 1.807) is 0 Å². The highest BCUT2D eigenvalue weighted by molar-refractivity contribution is 5.58. The van der Waals surface area contributed by atoms with Crippen LogP contribution in [0.15, 0.2) is 0 Å². The van der Waals surface area contributed by atoms with Crippen molar-refractivity contribution >= 4 is 11.6 Å². The van der Waals surface area contributed by atoms with Gasteiger partial charge >= 0.3 is 0 Å². The Kier molecular flexibility index (Phi) is 5.78. The van der Waals surface area contributed by atoms with Crippen molar-refractivity contribution in [2.75, 3.05) is 17.2 Å². The molecule has 0 aromatic carbocycles. The first-order valence-electron chi connectivity index (χ1n) is 7.69. The zero-order valence-corrected chi connectivity index (χ0v) is 14.1. The van der Waals surface area contributed by atoms with Gasteiger partial charge in [0.05, 0.1) is 0 Å². The molecule has 1 heterocycles. The maximum absolute atomic E-state index is 4.74. The minimum absolute atomic E-state index is 0.0533. The lowest BCUT2D eigenvalue weighted by Crippen LogP contribution is -2.22. The minimum Gasteiger partial charge on any atom is -0.370 e. The standard InChI is InChI=1S/C16H30N4/c1-8-10-17-13-12(4)14(18-11(3)9-2)20-15(19-13)16(5,6)7/h11H,8-10H2,1-7H3,(H2,17,18,19,20). The Bertz CT molecular complexity index is 435. The van der Waals surface area contributed by atoms with E-state index < -0.39 is 0 Å². The SMILES string of the molecule is CCCNc1nc(C(C)(C)C)nc(NC(C)CC)c1C. The summed E-state index contributed by atoms with van der Waals surface area (Å²) < 4.78 is 0. The van der Waals surface area contributed by atoms with E-state index in [0.717, 1.165) is 42.4 Å². The summed E-state index contributed by atoms with van der Waals surface area (Å²) in [6.45, 7) is 16.0. The summed E-state index contributed by atoms with van der Waals surface area (Å²) in [5, 5.41) is 6.91. The summed E-state index contributed by atoms with van der Waals surface area (Å²) in [4.78, 5) is 9.45. The van der Waals surface area contributed by atoms with Crippen LogP contribution < -0.4 is 10.6 Å². The lowest BCUT2D eigenvalue weighted by atomic mass is 9.95. The molecule has 1 unspecified atom stereocenters. The number of nitrogens with one attached hydrogen (secondary N) is 2. The van der Waals surface area contributed by atoms with E-state index in [0.29, 0.717) is 6.04 Å². The van der Waals surface area contributed by atoms with E-state index in [9.17, 15) is 0 Å². The van der Waals surface area contributed by atoms with Crippen LogP contribution in [0.5, 0.6) is 0 Å². The van der Waals surface area contributed by atoms with E-state index in [1.807, 2.05) is 0 Å². The first kappa shape index (κ1) is 16.7. The molecule has 0 saturated heterocycles. The summed E-state index contributed by atoms with van der Waals surface area (Å²) >= 11 is 0. The summed E-state index contributed by atoms with van der Waals surface area (Å²) in [5.41, 5.74) is 1.05. The predicted octanol–water partition coefficient (Wildman–Crippen LogP) is 4.11. The Morgan fingerprint density at radius 2 is 1.70 bits per heavy atom. The molecule has 0 radical (unpaired) electrons. The second-order valence-corrected chi connectivity index (χ2v) is 6.50. The Labute approximate surface area is 123 Å². The van der Waals surface area contributed by atoms with Gasteiger partial charge in [0.2, 0.25) is 0 Å². The van der Waals surface area contributed by atoms with E-state index >= 15 is 0 Å². The van der Waals surface area contributed by atoms with Crippen molar-refractivity contribution in [3.8, 4) is 0 Å². The fourth-order valence-electron chi connectivity index (χ4n) is 1.74. The van der Waals surface area contributed by atoms with Gasteiger partial charge in [-0.15, -0.1) is 0 Å². The largest absolute Gasteiger partial charge is 0.370 e. The third kappa shape index (κ3) is 4.36. The molecule has 2 N–H and O–H groups in total. The molecular weight excluding hydrogens is 248 g/mol. The molecule has 1 atom stereocenters. The van der Waals surface area contributed by atoms with Gasteiger partial charge in [-0.05, 0) is 26.7 Å². The van der Waals surface area contributed by atoms with Crippen LogP contribution in [0, 0.1) is 6.92 Å². The van der Waals surface area contributed by atoms with Crippen LogP contribution in [-0.2, 0) is 5.41 Å². The number of hydrogen-bond donors (Lipinski definition) is 2. The molecule has 1 rings (SSSR count). The number of rotatable bonds is 6. The molecular formula is C16H30N4. The van der Waals surface area contributed by atoms with Crippen molar-refractivity contribution in [1.82, 2.24) is 9.97 Å². The van der Waals surface area contributed by atoms with Gasteiger partial charge < -0.3 is 10.6 Å². The van der Waals surface area contributed by atoms with Crippen LogP contribution in [0.1, 0.15) is 65.8 Å². The second kappa shape index (κ2) is 6.91. The van der Waals surface area contributed by atoms with E-state index in [2.05, 4.69) is 59.1 Å². The molecule has 0 aliphatic heterocycles. The van der Waals surface area contributed by atoms with Gasteiger partial charge in [0.25, 0.3) is 0 Å². The normalized spacial score (nSPS) is 13.2. The van der Waals surface area contributed by atoms with Gasteiger partial charge in [-0.2, -0.15) is 0 Å². The molecule has 1 aromatic heterocycles. The lowest BCUT2D eigenvalue weighted by molar-refractivity contribution is 0.545. The number of hydrogen-bond acceptors (Lipinski definition) is 4. The van der Waals surface area contributed by atoms with Crippen LogP contribution in [0.2, 0.25) is 0 Å². The first-order valence-corrected chi connectivity index (χ1v) is 7.69. The highest BCUT2D eigenvalue weighted by Crippen LogP contribution is 2.26. The van der Waals surface area contributed by atoms with Gasteiger partial charge in [-0.1, -0.05) is 34.6 Å². The average molecular weight is 278 g/mol. The molecule has 0 aliphatic rings. The fraction of sp³-hybridized carbons (Fsp3) is 0.750. The molecule has 0 fully saturated rings. The fourth-order valence-corrected chi connectivity index (χ4v) is 1.74. The zero-order valence-electron chi connectivity index (χ0n) is 14.1. The molecule has 0 amide bonds. The summed E-state index contributed by atoms with van der Waals surface area (Å²) in [5.74, 6) is 2.79. The highest BCUT2D eigenvalue weighted by atomic mass is 15.1. The molecule has 4 heteroatoms. The van der Waals surface area contributed by atoms with Crippen LogP contribution in [-0.4, -0.2) is 22.6 Å². The zero-order chi connectivity index (χ0) is 15.3. The van der Waals surface area contributed by atoms with Gasteiger partial charge in [-0.3, -0.25) is 0 Å². The predicted molar refractivity (Wildman–Crippen MR) is 87.6 cm³/mol. The van der Waals surface area contributed by atoms with Gasteiger partial charge in [0.1, 0.15) is 17.5 Å². The average Bonchev–Trinajstić information content (AvgIpc) is 2.38. The molecule has 0 aliphatic carbocycles. The van der Waals surface area contributed by atoms with E-state index in [1.165, 1.54) is 0 Å². The molecule has 20 heavy (non-hydrogen) atoms. The van der Waals surface area contributed by atoms with Crippen molar-refractivity contribution in [3.63, 3.8) is 0 Å². The summed E-state index contributed by atoms with van der Waals surface area (Å²) in [7, 11) is 0. The topological polar surface area (TPSA) is 49.8 Å². The van der Waals surface area contributed by atoms with Gasteiger partial charge in [0, 0.05) is 23.6 Å². The molecule has 0 bridgehead atoms. The van der Waals surface area contributed by atoms with Crippen molar-refractivity contribution < 1.29 is 0 Å². The lowest BCUT2D eigenvalue weighted by Gasteiger charge is -2.22. The Morgan fingerprint density at radius 1 is 1.10 bits per heavy atom. The minimum atomic E-state index is -0.0533. The van der Waals surface area contributed by atoms with E-state index in [-0.39, 0.29) is 5.41 Å². The van der Waals surface area contributed by atoms with Gasteiger partial charge in [-0.25, -0.2) is 9.97 Å². The van der Waals surface area contributed by atoms with Crippen LogP contribution in [0.4, 0.5) is 11.6 Å². The van der Waals surface area contributed by atoms with Crippen molar-refractivity contribution in [1.29, 1.82) is 0 Å². The maximum Gasteiger partial charge on any atom is 0.138 e. The van der Waals surface area contributed by atoms with Crippen LogP contribution in [0.3, 0.4) is 0 Å². The van der Waals surface area contributed by atoms with Crippen molar-refractivity contribution in [2.24, 2.45) is 0 Å². The smallest absolute Gasteiger partial charge is 0.138 e. The van der Waals surface area contributed by atoms with E-state index in [4.69, 9.17) is 9.97 Å². The Balaban J connectivity index is 3.19. The third-order valence-corrected chi connectivity index (χ3v) is 3.35. The summed E-state index contributed by atoms with van der Waals surface area (Å²) in [6, 6.07) is 0.412. The number of anilines is 2. The van der Waals surface area contributed by atoms with Crippen molar-refractivity contribution in [3.05, 3.63) is 11.4 Å². The molecule has 1 aromatic rings. The number of nitrogens with zero attached hydrogens (tertiary/aromatic N) is 2. The monoisotopic (exact) mass is 278 g/mol. The van der Waals surface area contributed by atoms with Crippen LogP contribution >= 0.6 is 0 Å².